The normalized spacial score (nSPS) is 12.1. The van der Waals surface area contributed by atoms with E-state index in [0.717, 1.165) is 0 Å². The fourth-order valence-electron chi connectivity index (χ4n) is 4.26. The minimum absolute atomic E-state index is 0. The van der Waals surface area contributed by atoms with Crippen LogP contribution < -0.4 is 0 Å². The van der Waals surface area contributed by atoms with E-state index in [2.05, 4.69) is 45.0 Å². The Morgan fingerprint density at radius 1 is 0.871 bits per heavy atom. The summed E-state index contributed by atoms with van der Waals surface area (Å²) >= 11 is 0. The van der Waals surface area contributed by atoms with Gasteiger partial charge in [-0.3, -0.25) is 0 Å². The molecule has 1 aliphatic carbocycles. The van der Waals surface area contributed by atoms with Crippen molar-refractivity contribution in [3.8, 4) is 0 Å². The molecule has 0 saturated heterocycles. The van der Waals surface area contributed by atoms with Gasteiger partial charge in [0.05, 0.1) is 0 Å². The van der Waals surface area contributed by atoms with Gasteiger partial charge in [0.2, 0.25) is 0 Å². The van der Waals surface area contributed by atoms with Gasteiger partial charge in [0.1, 0.15) is 0 Å². The third-order valence-corrected chi connectivity index (χ3v) is 6.17. The molecule has 0 saturated carbocycles. The van der Waals surface area contributed by atoms with Crippen LogP contribution in [-0.4, -0.2) is 0 Å². The van der Waals surface area contributed by atoms with Crippen LogP contribution in [0.25, 0.3) is 10.8 Å². The molecule has 0 spiro atoms. The van der Waals surface area contributed by atoms with E-state index in [9.17, 15) is 0 Å². The number of fused-ring (bicyclic) bond motifs is 2. The summed E-state index contributed by atoms with van der Waals surface area (Å²) in [6.07, 6.45) is 9.04. The maximum Gasteiger partial charge on any atom is 0 e. The average Bonchev–Trinajstić information content (AvgIpc) is 3.38. The summed E-state index contributed by atoms with van der Waals surface area (Å²) in [5, 5.41) is 3.00. The van der Waals surface area contributed by atoms with E-state index in [0.29, 0.717) is 5.41 Å². The summed E-state index contributed by atoms with van der Waals surface area (Å²) in [4.78, 5) is 0. The quantitative estimate of drug-likeness (QED) is 0.207. The van der Waals surface area contributed by atoms with E-state index in [4.69, 9.17) is 0 Å². The van der Waals surface area contributed by atoms with Crippen LogP contribution in [-0.2, 0) is 45.1 Å². The van der Waals surface area contributed by atoms with Crippen LogP contribution in [0.15, 0.2) is 54.6 Å². The van der Waals surface area contributed by atoms with Crippen LogP contribution in [0.4, 0.5) is 0 Å². The van der Waals surface area contributed by atoms with E-state index >= 15 is 0 Å². The molecule has 3 aromatic carbocycles. The van der Waals surface area contributed by atoms with Crippen LogP contribution in [0.5, 0.6) is 0 Å². The van der Waals surface area contributed by atoms with Crippen molar-refractivity contribution in [2.24, 2.45) is 5.41 Å². The maximum atomic E-state index is 2.52. The summed E-state index contributed by atoms with van der Waals surface area (Å²) in [5.41, 5.74) is 5.36. The van der Waals surface area contributed by atoms with Crippen molar-refractivity contribution in [2.45, 2.75) is 65.7 Å². The maximum absolute atomic E-state index is 2.52. The molecule has 0 nitrogen and oxygen atoms in total. The number of unbranched alkanes of at least 4 members (excludes halogenated alkanes) is 1. The molecule has 0 aromatic heterocycles. The SMILES string of the molecule is CCCC[c-]1ccc2cc3c(cc21)CC(CC)(CC)C3.[CH3-].[CH3-].[CH3-].[CH3-].[CH3-].[Hf].c1cc[cH-]c1. The Kier molecular flexibility index (Phi) is 21.2. The van der Waals surface area contributed by atoms with Crippen molar-refractivity contribution in [3.05, 3.63) is 108 Å². The van der Waals surface area contributed by atoms with E-state index in [1.165, 1.54) is 55.7 Å². The molecule has 0 bridgehead atoms. The van der Waals surface area contributed by atoms with E-state index in [1.54, 1.807) is 16.7 Å². The summed E-state index contributed by atoms with van der Waals surface area (Å²) in [7, 11) is 0. The zero-order chi connectivity index (χ0) is 17.7. The number of benzene rings is 1. The van der Waals surface area contributed by atoms with Gasteiger partial charge in [-0.25, -0.2) is 12.1 Å². The number of hydrogen-bond donors (Lipinski definition) is 0. The Hall–Kier alpha value is -0.950. The van der Waals surface area contributed by atoms with Gasteiger partial charge in [-0.1, -0.05) is 51.2 Å². The Morgan fingerprint density at radius 2 is 1.42 bits per heavy atom. The first kappa shape index (κ1) is 37.4. The van der Waals surface area contributed by atoms with Crippen molar-refractivity contribution in [3.63, 3.8) is 0 Å². The van der Waals surface area contributed by atoms with E-state index in [1.807, 2.05) is 30.3 Å². The fraction of sp³-hybridized carbons (Fsp3) is 0.367. The van der Waals surface area contributed by atoms with Gasteiger partial charge in [0.25, 0.3) is 0 Å². The molecule has 0 N–H and O–H groups in total. The average molecular weight is 586 g/mol. The van der Waals surface area contributed by atoms with Crippen LogP contribution in [0.1, 0.15) is 63.1 Å². The second-order valence-electron chi connectivity index (χ2n) is 7.69. The van der Waals surface area contributed by atoms with Crippen LogP contribution in [0.2, 0.25) is 0 Å². The van der Waals surface area contributed by atoms with Crippen LogP contribution in [0.3, 0.4) is 0 Å². The molecule has 3 aromatic rings. The first-order chi connectivity index (χ1) is 12.2. The van der Waals surface area contributed by atoms with E-state index in [-0.39, 0.29) is 63.0 Å². The predicted octanol–water partition coefficient (Wildman–Crippen LogP) is 9.46. The molecule has 0 radical (unpaired) electrons. The molecule has 0 heterocycles. The van der Waals surface area contributed by atoms with Crippen LogP contribution in [0, 0.1) is 42.5 Å². The molecule has 1 heteroatoms. The van der Waals surface area contributed by atoms with Gasteiger partial charge >= 0.3 is 0 Å². The van der Waals surface area contributed by atoms with Gasteiger partial charge in [0, 0.05) is 25.8 Å². The zero-order valence-corrected chi connectivity index (χ0v) is 25.2. The molecule has 1 aliphatic rings. The Bertz CT molecular complexity index is 755. The minimum atomic E-state index is 0. The molecule has 31 heavy (non-hydrogen) atoms. The first-order valence-electron chi connectivity index (χ1n) is 10.1. The predicted molar refractivity (Wildman–Crippen MR) is 143 cm³/mol. The third-order valence-electron chi connectivity index (χ3n) is 6.17. The Labute approximate surface area is 215 Å². The molecule has 0 aliphatic heterocycles. The number of aryl methyl sites for hydroxylation is 1. The van der Waals surface area contributed by atoms with Crippen molar-refractivity contribution in [1.29, 1.82) is 0 Å². The Morgan fingerprint density at radius 3 is 1.87 bits per heavy atom. The Balaban J connectivity index is -0.000000296. The topological polar surface area (TPSA) is 0 Å². The van der Waals surface area contributed by atoms with Gasteiger partial charge in [-0.2, -0.15) is 24.3 Å². The third kappa shape index (κ3) is 8.83. The van der Waals surface area contributed by atoms with Gasteiger partial charge in [-0.15, -0.1) is 34.5 Å². The molecule has 0 amide bonds. The molecular formula is C30H47Hf-7. The molecule has 4 rings (SSSR count). The standard InChI is InChI=1S/C20H27.C5H5.5CH3.Hf/c1-4-7-8-15-9-10-16-11-17-13-20(5-2,6-3)14-18(17)12-19(15)16;1-2-4-5-3-1;;;;;;/h9-12H,4-8,13-14H2,1-3H3;1-5H;5*1H3;/q7*-1;. The minimum Gasteiger partial charge on any atom is -0.358 e. The molecule has 178 valence electrons. The molecule has 0 fully saturated rings. The van der Waals surface area contributed by atoms with Gasteiger partial charge in [0.15, 0.2) is 0 Å². The van der Waals surface area contributed by atoms with Crippen LogP contribution >= 0.6 is 0 Å². The van der Waals surface area contributed by atoms with Gasteiger partial charge < -0.3 is 37.1 Å². The smallest absolute Gasteiger partial charge is 0 e. The second kappa shape index (κ2) is 17.6. The van der Waals surface area contributed by atoms with Gasteiger partial charge in [-0.05, 0) is 31.1 Å². The first-order valence-corrected chi connectivity index (χ1v) is 10.1. The fourth-order valence-corrected chi connectivity index (χ4v) is 4.26. The summed E-state index contributed by atoms with van der Waals surface area (Å²) < 4.78 is 0. The molecule has 0 unspecified atom stereocenters. The number of rotatable bonds is 5. The molecular weight excluding hydrogens is 539 g/mol. The summed E-state index contributed by atoms with van der Waals surface area (Å²) in [5.74, 6) is 0. The largest absolute Gasteiger partial charge is 0.358 e. The van der Waals surface area contributed by atoms with Crippen molar-refractivity contribution in [1.82, 2.24) is 0 Å². The molecule has 0 atom stereocenters. The summed E-state index contributed by atoms with van der Waals surface area (Å²) in [6.45, 7) is 7.00. The zero-order valence-electron chi connectivity index (χ0n) is 21.6. The summed E-state index contributed by atoms with van der Waals surface area (Å²) in [6, 6.07) is 19.7. The van der Waals surface area contributed by atoms with Crippen molar-refractivity contribution < 1.29 is 25.8 Å². The monoisotopic (exact) mass is 587 g/mol. The van der Waals surface area contributed by atoms with E-state index < -0.39 is 0 Å². The second-order valence-corrected chi connectivity index (χ2v) is 7.69. The van der Waals surface area contributed by atoms with Crippen molar-refractivity contribution >= 4 is 10.8 Å². The van der Waals surface area contributed by atoms with Crippen molar-refractivity contribution in [2.75, 3.05) is 0 Å². The number of hydrogen-bond acceptors (Lipinski definition) is 0.